The molecule has 2 rings (SSSR count). The summed E-state index contributed by atoms with van der Waals surface area (Å²) in [6.07, 6.45) is 2.78. The highest BCUT2D eigenvalue weighted by atomic mass is 32.2. The van der Waals surface area contributed by atoms with Gasteiger partial charge in [0.05, 0.1) is 36.8 Å². The lowest BCUT2D eigenvalue weighted by Gasteiger charge is -2.28. The van der Waals surface area contributed by atoms with E-state index in [4.69, 9.17) is 4.74 Å². The van der Waals surface area contributed by atoms with Crippen LogP contribution in [0.4, 0.5) is 0 Å². The Morgan fingerprint density at radius 3 is 2.86 bits per heavy atom. The number of sulfone groups is 1. The first-order chi connectivity index (χ1) is 9.96. The van der Waals surface area contributed by atoms with Gasteiger partial charge in [0.25, 0.3) is 0 Å². The lowest BCUT2D eigenvalue weighted by Crippen LogP contribution is -2.43. The van der Waals surface area contributed by atoms with E-state index in [9.17, 15) is 13.5 Å². The Kier molecular flexibility index (Phi) is 5.37. The molecule has 0 radical (unpaired) electrons. The van der Waals surface area contributed by atoms with Gasteiger partial charge in [0.1, 0.15) is 5.82 Å². The average Bonchev–Trinajstić information content (AvgIpc) is 2.97. The fraction of sp³-hybridized carbons (Fsp3) is 0.769. The quantitative estimate of drug-likeness (QED) is 0.730. The van der Waals surface area contributed by atoms with Crippen molar-refractivity contribution in [2.75, 3.05) is 31.8 Å². The SMILES string of the molecule is CCN(Cc1nccn1CCOC)[C@@H]1CS(=O)(=O)C[C@H]1O. The first kappa shape index (κ1) is 16.4. The number of aliphatic hydroxyl groups excluding tert-OH is 1. The van der Waals surface area contributed by atoms with Crippen molar-refractivity contribution in [3.8, 4) is 0 Å². The molecule has 0 saturated carbocycles. The minimum absolute atomic E-state index is 0.0147. The van der Waals surface area contributed by atoms with Gasteiger partial charge >= 0.3 is 0 Å². The fourth-order valence-electron chi connectivity index (χ4n) is 2.69. The number of hydrogen-bond acceptors (Lipinski definition) is 6. The lowest BCUT2D eigenvalue weighted by atomic mass is 10.2. The maximum atomic E-state index is 11.7. The van der Waals surface area contributed by atoms with Gasteiger partial charge in [-0.05, 0) is 6.54 Å². The molecule has 1 saturated heterocycles. The van der Waals surface area contributed by atoms with Crippen molar-refractivity contribution < 1.29 is 18.3 Å². The van der Waals surface area contributed by atoms with Crippen LogP contribution in [0.1, 0.15) is 12.7 Å². The summed E-state index contributed by atoms with van der Waals surface area (Å²) in [4.78, 5) is 6.30. The Bertz CT molecular complexity index is 558. The van der Waals surface area contributed by atoms with Crippen molar-refractivity contribution in [1.29, 1.82) is 0 Å². The standard InChI is InChI=1S/C13H23N3O4S/c1-3-15(11-9-21(18,19)10-12(11)17)8-13-14-4-5-16(13)6-7-20-2/h4-5,11-12,17H,3,6-10H2,1-2H3/t11-,12-/m1/s1. The smallest absolute Gasteiger partial charge is 0.154 e. The molecule has 2 heterocycles. The van der Waals surface area contributed by atoms with Crippen LogP contribution < -0.4 is 0 Å². The van der Waals surface area contributed by atoms with Crippen molar-refractivity contribution in [3.63, 3.8) is 0 Å². The third-order valence-corrected chi connectivity index (χ3v) is 5.55. The summed E-state index contributed by atoms with van der Waals surface area (Å²) in [6, 6.07) is -0.354. The normalized spacial score (nSPS) is 24.8. The Morgan fingerprint density at radius 2 is 2.29 bits per heavy atom. The molecule has 1 aromatic heterocycles. The molecule has 8 heteroatoms. The van der Waals surface area contributed by atoms with Crippen molar-refractivity contribution >= 4 is 9.84 Å². The van der Waals surface area contributed by atoms with Gasteiger partial charge in [0, 0.05) is 26.0 Å². The van der Waals surface area contributed by atoms with Crippen LogP contribution in [0.5, 0.6) is 0 Å². The summed E-state index contributed by atoms with van der Waals surface area (Å²) >= 11 is 0. The summed E-state index contributed by atoms with van der Waals surface area (Å²) < 4.78 is 30.4. The lowest BCUT2D eigenvalue weighted by molar-refractivity contribution is 0.0790. The van der Waals surface area contributed by atoms with Crippen LogP contribution in [0.2, 0.25) is 0 Å². The molecule has 1 fully saturated rings. The Hall–Kier alpha value is -0.960. The van der Waals surface area contributed by atoms with E-state index in [1.54, 1.807) is 13.3 Å². The molecule has 0 bridgehead atoms. The molecule has 7 nitrogen and oxygen atoms in total. The zero-order chi connectivity index (χ0) is 15.5. The molecule has 21 heavy (non-hydrogen) atoms. The van der Waals surface area contributed by atoms with E-state index in [1.807, 2.05) is 22.6 Å². The van der Waals surface area contributed by atoms with E-state index >= 15 is 0 Å². The van der Waals surface area contributed by atoms with E-state index in [0.717, 1.165) is 5.82 Å². The molecule has 1 aromatic rings. The molecular formula is C13H23N3O4S. The number of methoxy groups -OCH3 is 1. The highest BCUT2D eigenvalue weighted by Crippen LogP contribution is 2.20. The van der Waals surface area contributed by atoms with Crippen molar-refractivity contribution in [3.05, 3.63) is 18.2 Å². The van der Waals surface area contributed by atoms with E-state index in [-0.39, 0.29) is 17.5 Å². The second kappa shape index (κ2) is 6.87. The largest absolute Gasteiger partial charge is 0.390 e. The minimum Gasteiger partial charge on any atom is -0.390 e. The predicted molar refractivity (Wildman–Crippen MR) is 78.6 cm³/mol. The van der Waals surface area contributed by atoms with Crippen LogP contribution in [0.3, 0.4) is 0 Å². The fourth-order valence-corrected chi connectivity index (χ4v) is 4.52. The van der Waals surface area contributed by atoms with Crippen LogP contribution in [-0.4, -0.2) is 71.9 Å². The maximum absolute atomic E-state index is 11.7. The monoisotopic (exact) mass is 317 g/mol. The van der Waals surface area contributed by atoms with Crippen LogP contribution in [-0.2, 0) is 27.7 Å². The molecule has 0 unspecified atom stereocenters. The van der Waals surface area contributed by atoms with E-state index in [2.05, 4.69) is 4.98 Å². The molecule has 120 valence electrons. The van der Waals surface area contributed by atoms with Gasteiger partial charge in [-0.3, -0.25) is 4.90 Å². The van der Waals surface area contributed by atoms with Crippen LogP contribution in [0.15, 0.2) is 12.4 Å². The van der Waals surface area contributed by atoms with E-state index in [1.165, 1.54) is 0 Å². The Balaban J connectivity index is 2.08. The van der Waals surface area contributed by atoms with Crippen LogP contribution >= 0.6 is 0 Å². The topological polar surface area (TPSA) is 84.7 Å². The van der Waals surface area contributed by atoms with Gasteiger partial charge in [-0.15, -0.1) is 0 Å². The minimum atomic E-state index is -3.14. The van der Waals surface area contributed by atoms with E-state index in [0.29, 0.717) is 26.2 Å². The van der Waals surface area contributed by atoms with Gasteiger partial charge in [-0.1, -0.05) is 6.92 Å². The highest BCUT2D eigenvalue weighted by molar-refractivity contribution is 7.91. The number of nitrogens with zero attached hydrogens (tertiary/aromatic N) is 3. The molecular weight excluding hydrogens is 294 g/mol. The molecule has 0 aromatic carbocycles. The number of rotatable bonds is 7. The zero-order valence-corrected chi connectivity index (χ0v) is 13.3. The van der Waals surface area contributed by atoms with Crippen molar-refractivity contribution in [2.45, 2.75) is 32.2 Å². The third-order valence-electron chi connectivity index (χ3n) is 3.85. The van der Waals surface area contributed by atoms with Gasteiger partial charge in [-0.25, -0.2) is 13.4 Å². The number of imidazole rings is 1. The summed E-state index contributed by atoms with van der Waals surface area (Å²) in [7, 11) is -1.49. The number of hydrogen-bond donors (Lipinski definition) is 1. The third kappa shape index (κ3) is 4.03. The number of likely N-dealkylation sites (N-methyl/N-ethyl adjacent to an activating group) is 1. The van der Waals surface area contributed by atoms with Gasteiger partial charge in [-0.2, -0.15) is 0 Å². The molecule has 1 aliphatic heterocycles. The van der Waals surface area contributed by atoms with Gasteiger partial charge in [0.2, 0.25) is 0 Å². The summed E-state index contributed by atoms with van der Waals surface area (Å²) in [5, 5.41) is 10.00. The number of aromatic nitrogens is 2. The Morgan fingerprint density at radius 1 is 1.52 bits per heavy atom. The number of ether oxygens (including phenoxy) is 1. The zero-order valence-electron chi connectivity index (χ0n) is 12.5. The second-order valence-electron chi connectivity index (χ2n) is 5.30. The maximum Gasteiger partial charge on any atom is 0.154 e. The molecule has 1 aliphatic rings. The van der Waals surface area contributed by atoms with Crippen molar-refractivity contribution in [2.24, 2.45) is 0 Å². The van der Waals surface area contributed by atoms with Crippen molar-refractivity contribution in [1.82, 2.24) is 14.5 Å². The summed E-state index contributed by atoms with van der Waals surface area (Å²) in [5.41, 5.74) is 0. The first-order valence-electron chi connectivity index (χ1n) is 7.08. The molecule has 0 amide bonds. The first-order valence-corrected chi connectivity index (χ1v) is 8.90. The summed E-state index contributed by atoms with van der Waals surface area (Å²) in [6.45, 7) is 4.43. The van der Waals surface area contributed by atoms with Crippen LogP contribution in [0.25, 0.3) is 0 Å². The molecule has 0 aliphatic carbocycles. The van der Waals surface area contributed by atoms with Gasteiger partial charge < -0.3 is 14.4 Å². The molecule has 2 atom stereocenters. The highest BCUT2D eigenvalue weighted by Gasteiger charge is 2.39. The van der Waals surface area contributed by atoms with Gasteiger partial charge in [0.15, 0.2) is 9.84 Å². The Labute approximate surface area is 125 Å². The predicted octanol–water partition coefficient (Wildman–Crippen LogP) is -0.491. The molecule has 1 N–H and O–H groups in total. The molecule has 0 spiro atoms. The number of aliphatic hydroxyl groups is 1. The second-order valence-corrected chi connectivity index (χ2v) is 7.46. The van der Waals surface area contributed by atoms with Crippen LogP contribution in [0, 0.1) is 0 Å². The summed E-state index contributed by atoms with van der Waals surface area (Å²) in [5.74, 6) is 0.720. The van der Waals surface area contributed by atoms with E-state index < -0.39 is 15.9 Å². The average molecular weight is 317 g/mol.